The zero-order valence-electron chi connectivity index (χ0n) is 14.5. The number of carbonyl (C=O) groups excluding carboxylic acids is 2. The van der Waals surface area contributed by atoms with E-state index >= 15 is 0 Å². The van der Waals surface area contributed by atoms with Crippen LogP contribution in [0.2, 0.25) is 0 Å². The Morgan fingerprint density at radius 3 is 2.11 bits per heavy atom. The van der Waals surface area contributed by atoms with Crippen LogP contribution in [0.4, 0.5) is 0 Å². The van der Waals surface area contributed by atoms with Crippen LogP contribution in [0.5, 0.6) is 0 Å². The van der Waals surface area contributed by atoms with Crippen LogP contribution in [-0.4, -0.2) is 11.8 Å². The van der Waals surface area contributed by atoms with Crippen molar-refractivity contribution in [2.75, 3.05) is 0 Å². The van der Waals surface area contributed by atoms with E-state index < -0.39 is 11.5 Å². The van der Waals surface area contributed by atoms with Crippen LogP contribution in [0.25, 0.3) is 0 Å². The van der Waals surface area contributed by atoms with Crippen molar-refractivity contribution in [2.45, 2.75) is 17.9 Å². The molecule has 1 heterocycles. The molecule has 1 aliphatic rings. The number of hydrogen-bond donors (Lipinski definition) is 0. The molecule has 3 aromatic carbocycles. The lowest BCUT2D eigenvalue weighted by atomic mass is 9.73. The third kappa shape index (κ3) is 3.10. The van der Waals surface area contributed by atoms with E-state index in [0.29, 0.717) is 11.1 Å². The van der Waals surface area contributed by atoms with Crippen LogP contribution in [0.1, 0.15) is 33.8 Å². The predicted molar refractivity (Wildman–Crippen MR) is 106 cm³/mol. The Balaban J connectivity index is 1.92. The fraction of sp³-hybridized carbons (Fsp3) is 0.130. The van der Waals surface area contributed by atoms with Gasteiger partial charge >= 0.3 is 5.97 Å². The highest BCUT2D eigenvalue weighted by Gasteiger charge is 2.56. The zero-order valence-corrected chi connectivity index (χ0v) is 16.1. The van der Waals surface area contributed by atoms with E-state index in [1.165, 1.54) is 0 Å². The van der Waals surface area contributed by atoms with Crippen molar-refractivity contribution in [1.82, 2.24) is 0 Å². The predicted octanol–water partition coefficient (Wildman–Crippen LogP) is 5.26. The molecule has 4 rings (SSSR count). The average molecular weight is 421 g/mol. The summed E-state index contributed by atoms with van der Waals surface area (Å²) in [6, 6.07) is 26.0. The van der Waals surface area contributed by atoms with Gasteiger partial charge in [-0.25, -0.2) is 0 Å². The second kappa shape index (κ2) is 7.12. The van der Waals surface area contributed by atoms with Gasteiger partial charge in [-0.15, -0.1) is 0 Å². The van der Waals surface area contributed by atoms with Gasteiger partial charge in [0.1, 0.15) is 0 Å². The normalized spacial score (nSPS) is 21.7. The minimum absolute atomic E-state index is 0.162. The van der Waals surface area contributed by atoms with Crippen LogP contribution in [0, 0.1) is 0 Å². The Labute approximate surface area is 166 Å². The summed E-state index contributed by atoms with van der Waals surface area (Å²) >= 11 is 3.44. The van der Waals surface area contributed by atoms with Gasteiger partial charge in [-0.05, 0) is 17.7 Å². The van der Waals surface area contributed by atoms with E-state index in [9.17, 15) is 9.59 Å². The lowest BCUT2D eigenvalue weighted by molar-refractivity contribution is -0.146. The molecular weight excluding hydrogens is 404 g/mol. The van der Waals surface area contributed by atoms with Crippen molar-refractivity contribution in [1.29, 1.82) is 0 Å². The number of ketones is 1. The van der Waals surface area contributed by atoms with Crippen LogP contribution >= 0.6 is 15.9 Å². The van der Waals surface area contributed by atoms with Crippen molar-refractivity contribution in [3.8, 4) is 0 Å². The standard InChI is InChI=1S/C23H17BrO3/c24-19-13-11-16(12-14-19)20-15-21(25)27-23(20,18-9-5-2-6-10-18)22(26)17-7-3-1-4-8-17/h1-14,20H,15H2/t20-,23+/m0/s1. The molecule has 1 aliphatic heterocycles. The fourth-order valence-corrected chi connectivity index (χ4v) is 4.00. The number of rotatable bonds is 4. The van der Waals surface area contributed by atoms with Crippen LogP contribution in [-0.2, 0) is 15.1 Å². The van der Waals surface area contributed by atoms with Gasteiger partial charge in [0, 0.05) is 21.5 Å². The Morgan fingerprint density at radius 1 is 0.889 bits per heavy atom. The first-order chi connectivity index (χ1) is 13.1. The van der Waals surface area contributed by atoms with Gasteiger partial charge in [-0.1, -0.05) is 88.7 Å². The molecule has 0 spiro atoms. The molecular formula is C23H17BrO3. The Morgan fingerprint density at radius 2 is 1.48 bits per heavy atom. The fourth-order valence-electron chi connectivity index (χ4n) is 3.74. The molecule has 0 aliphatic carbocycles. The number of esters is 1. The van der Waals surface area contributed by atoms with E-state index in [1.807, 2.05) is 72.8 Å². The number of halogens is 1. The highest BCUT2D eigenvalue weighted by molar-refractivity contribution is 9.10. The second-order valence-corrected chi connectivity index (χ2v) is 7.49. The molecule has 0 N–H and O–H groups in total. The van der Waals surface area contributed by atoms with E-state index in [2.05, 4.69) is 15.9 Å². The van der Waals surface area contributed by atoms with Gasteiger partial charge in [0.15, 0.2) is 0 Å². The summed E-state index contributed by atoms with van der Waals surface area (Å²) in [4.78, 5) is 26.1. The largest absolute Gasteiger partial charge is 0.445 e. The zero-order chi connectivity index (χ0) is 18.9. The van der Waals surface area contributed by atoms with Crippen molar-refractivity contribution in [3.05, 3.63) is 106 Å². The third-order valence-corrected chi connectivity index (χ3v) is 5.51. The highest BCUT2D eigenvalue weighted by atomic mass is 79.9. The number of Topliss-reactive ketones (excluding diaryl/α,β-unsaturated/α-hetero) is 1. The first-order valence-electron chi connectivity index (χ1n) is 8.74. The molecule has 0 aromatic heterocycles. The Kier molecular flexibility index (Phi) is 4.66. The Bertz CT molecular complexity index is 968. The summed E-state index contributed by atoms with van der Waals surface area (Å²) in [6.45, 7) is 0. The van der Waals surface area contributed by atoms with E-state index in [0.717, 1.165) is 10.0 Å². The van der Waals surface area contributed by atoms with Crippen LogP contribution < -0.4 is 0 Å². The van der Waals surface area contributed by atoms with Crippen molar-refractivity contribution >= 4 is 27.7 Å². The smallest absolute Gasteiger partial charge is 0.307 e. The van der Waals surface area contributed by atoms with Gasteiger partial charge in [0.2, 0.25) is 11.4 Å². The van der Waals surface area contributed by atoms with Gasteiger partial charge in [0.05, 0.1) is 6.42 Å². The minimum atomic E-state index is -1.37. The molecule has 0 amide bonds. The molecule has 0 radical (unpaired) electrons. The Hall–Kier alpha value is -2.72. The molecule has 2 atom stereocenters. The van der Waals surface area contributed by atoms with E-state index in [4.69, 9.17) is 4.74 Å². The van der Waals surface area contributed by atoms with Crippen molar-refractivity contribution in [3.63, 3.8) is 0 Å². The lowest BCUT2D eigenvalue weighted by Crippen LogP contribution is -2.40. The van der Waals surface area contributed by atoms with Gasteiger partial charge in [-0.2, -0.15) is 0 Å². The summed E-state index contributed by atoms with van der Waals surface area (Å²) < 4.78 is 6.79. The molecule has 0 saturated carbocycles. The molecule has 3 aromatic rings. The SMILES string of the molecule is O=C1C[C@@H](c2ccc(Br)cc2)[C@@](C(=O)c2ccccc2)(c2ccccc2)O1. The number of hydrogen-bond acceptors (Lipinski definition) is 3. The number of carbonyl (C=O) groups is 2. The maximum atomic E-state index is 13.7. The van der Waals surface area contributed by atoms with E-state index in [1.54, 1.807) is 12.1 Å². The average Bonchev–Trinajstić information content (AvgIpc) is 3.07. The summed E-state index contributed by atoms with van der Waals surface area (Å²) in [5, 5.41) is 0. The lowest BCUT2D eigenvalue weighted by Gasteiger charge is -2.33. The van der Waals surface area contributed by atoms with Gasteiger partial charge in [0.25, 0.3) is 0 Å². The highest BCUT2D eigenvalue weighted by Crippen LogP contribution is 2.49. The molecule has 0 bridgehead atoms. The van der Waals surface area contributed by atoms with Crippen molar-refractivity contribution in [2.24, 2.45) is 0 Å². The summed E-state index contributed by atoms with van der Waals surface area (Å²) in [5.41, 5.74) is 0.751. The molecule has 1 fully saturated rings. The molecule has 3 nitrogen and oxygen atoms in total. The maximum absolute atomic E-state index is 13.7. The first-order valence-corrected chi connectivity index (χ1v) is 9.53. The topological polar surface area (TPSA) is 43.4 Å². The summed E-state index contributed by atoms with van der Waals surface area (Å²) in [7, 11) is 0. The maximum Gasteiger partial charge on any atom is 0.307 e. The molecule has 27 heavy (non-hydrogen) atoms. The second-order valence-electron chi connectivity index (χ2n) is 6.58. The van der Waals surface area contributed by atoms with Gasteiger partial charge in [-0.3, -0.25) is 9.59 Å². The monoisotopic (exact) mass is 420 g/mol. The first kappa shape index (κ1) is 17.7. The number of ether oxygens (including phenoxy) is 1. The van der Waals surface area contributed by atoms with Crippen molar-refractivity contribution < 1.29 is 14.3 Å². The quantitative estimate of drug-likeness (QED) is 0.427. The number of cyclic esters (lactones) is 1. The number of benzene rings is 3. The molecule has 4 heteroatoms. The van der Waals surface area contributed by atoms with Crippen LogP contribution in [0.15, 0.2) is 89.4 Å². The molecule has 134 valence electrons. The molecule has 1 saturated heterocycles. The minimum Gasteiger partial charge on any atom is -0.445 e. The third-order valence-electron chi connectivity index (χ3n) is 4.98. The molecule has 0 unspecified atom stereocenters. The summed E-state index contributed by atoms with van der Waals surface area (Å²) in [6.07, 6.45) is 0.162. The van der Waals surface area contributed by atoms with Crippen LogP contribution in [0.3, 0.4) is 0 Å². The van der Waals surface area contributed by atoms with E-state index in [-0.39, 0.29) is 18.2 Å². The summed E-state index contributed by atoms with van der Waals surface area (Å²) in [5.74, 6) is -0.961. The van der Waals surface area contributed by atoms with Gasteiger partial charge < -0.3 is 4.74 Å².